The Bertz CT molecular complexity index is 450. The highest BCUT2D eigenvalue weighted by Crippen LogP contribution is 2.35. The zero-order valence-electron chi connectivity index (χ0n) is 9.29. The first-order valence-electron chi connectivity index (χ1n) is 4.69. The summed E-state index contributed by atoms with van der Waals surface area (Å²) < 4.78 is 30.1. The Morgan fingerprint density at radius 2 is 2.18 bits per heavy atom. The topological polar surface area (TPSA) is 88.3 Å². The number of nitrogens with two attached hydrogens (primary N) is 1. The number of carboxylic acids is 1. The molecule has 0 unspecified atom stereocenters. The fraction of sp³-hybridized carbons (Fsp3) is 0.400. The number of aromatic nitrogens is 1. The molecule has 0 aliphatic carbocycles. The second-order valence-electron chi connectivity index (χ2n) is 3.37. The third-order valence-corrected chi connectivity index (χ3v) is 2.29. The van der Waals surface area contributed by atoms with Crippen molar-refractivity contribution in [1.29, 1.82) is 0 Å². The van der Waals surface area contributed by atoms with Crippen molar-refractivity contribution in [3.05, 3.63) is 17.0 Å². The lowest BCUT2D eigenvalue weighted by atomic mass is 10.1. The van der Waals surface area contributed by atoms with Gasteiger partial charge in [0.1, 0.15) is 0 Å². The minimum Gasteiger partial charge on any atom is -0.550 e. The van der Waals surface area contributed by atoms with Crippen LogP contribution < -0.4 is 15.6 Å². The smallest absolute Gasteiger partial charge is 0.284 e. The molecular weight excluding hydrogens is 234 g/mol. The molecule has 5 nitrogen and oxygen atoms in total. The second-order valence-corrected chi connectivity index (χ2v) is 3.37. The Labute approximate surface area is 96.2 Å². The summed E-state index contributed by atoms with van der Waals surface area (Å²) in [5.41, 5.74) is 5.16. The van der Waals surface area contributed by atoms with Gasteiger partial charge in [-0.25, -0.2) is 13.8 Å². The summed E-state index contributed by atoms with van der Waals surface area (Å²) in [6.45, 7) is 1.48. The average molecular weight is 245 g/mol. The summed E-state index contributed by atoms with van der Waals surface area (Å²) >= 11 is 0. The van der Waals surface area contributed by atoms with Gasteiger partial charge in [0, 0.05) is 12.4 Å². The van der Waals surface area contributed by atoms with E-state index < -0.39 is 24.5 Å². The molecule has 0 fully saturated rings. The van der Waals surface area contributed by atoms with Crippen LogP contribution in [-0.4, -0.2) is 18.1 Å². The molecule has 0 atom stereocenters. The van der Waals surface area contributed by atoms with Crippen LogP contribution >= 0.6 is 0 Å². The number of carboxylic acid groups (broad SMARTS) is 1. The van der Waals surface area contributed by atoms with Crippen molar-refractivity contribution in [3.8, 4) is 5.75 Å². The molecule has 0 spiro atoms. The van der Waals surface area contributed by atoms with Crippen molar-refractivity contribution < 1.29 is 23.4 Å². The first-order valence-corrected chi connectivity index (χ1v) is 4.69. The number of nitrogens with zero attached hydrogens (tertiary/aromatic N) is 1. The summed E-state index contributed by atoms with van der Waals surface area (Å²) in [5.74, 6) is -1.63. The summed E-state index contributed by atoms with van der Waals surface area (Å²) in [6, 6.07) is 0. The minimum atomic E-state index is -2.90. The van der Waals surface area contributed by atoms with Crippen molar-refractivity contribution in [2.45, 2.75) is 19.8 Å². The van der Waals surface area contributed by atoms with Gasteiger partial charge in [-0.3, -0.25) is 0 Å². The van der Waals surface area contributed by atoms with Crippen LogP contribution in [0.2, 0.25) is 0 Å². The first kappa shape index (κ1) is 13.1. The number of anilines is 1. The average Bonchev–Trinajstić information content (AvgIpc) is 2.23. The molecule has 0 amide bonds. The zero-order chi connectivity index (χ0) is 13.2. The van der Waals surface area contributed by atoms with Crippen LogP contribution in [0.15, 0.2) is 0 Å². The summed E-state index contributed by atoms with van der Waals surface area (Å²) in [7, 11) is 1.19. The van der Waals surface area contributed by atoms with E-state index in [2.05, 4.69) is 4.98 Å². The molecule has 1 heterocycles. The molecule has 0 saturated heterocycles. The van der Waals surface area contributed by atoms with Crippen molar-refractivity contribution in [2.24, 2.45) is 0 Å². The largest absolute Gasteiger partial charge is 0.550 e. The Morgan fingerprint density at radius 3 is 2.59 bits per heavy atom. The molecule has 0 aliphatic heterocycles. The third kappa shape index (κ3) is 2.61. The van der Waals surface area contributed by atoms with E-state index >= 15 is 0 Å². The van der Waals surface area contributed by atoms with Gasteiger partial charge in [0.15, 0.2) is 11.4 Å². The van der Waals surface area contributed by atoms with Gasteiger partial charge in [-0.15, -0.1) is 0 Å². The molecule has 1 aromatic heterocycles. The molecular formula is C10H11F2N2O3-. The quantitative estimate of drug-likeness (QED) is 0.819. The predicted octanol–water partition coefficient (Wildman–Crippen LogP) is 0.211. The number of aliphatic carboxylic acids is 1. The fourth-order valence-electron chi connectivity index (χ4n) is 1.41. The second kappa shape index (κ2) is 4.94. The maximum absolute atomic E-state index is 12.7. The number of carbonyl (C=O) groups is 1. The molecule has 0 bridgehead atoms. The van der Waals surface area contributed by atoms with E-state index in [-0.39, 0.29) is 17.1 Å². The van der Waals surface area contributed by atoms with E-state index in [0.717, 1.165) is 0 Å². The molecule has 1 aromatic rings. The number of hydrogen-bond acceptors (Lipinski definition) is 5. The van der Waals surface area contributed by atoms with E-state index in [1.165, 1.54) is 14.0 Å². The fourth-order valence-corrected chi connectivity index (χ4v) is 1.41. The normalized spacial score (nSPS) is 10.6. The highest BCUT2D eigenvalue weighted by molar-refractivity contribution is 5.70. The van der Waals surface area contributed by atoms with Gasteiger partial charge in [0.2, 0.25) is 0 Å². The van der Waals surface area contributed by atoms with Gasteiger partial charge in [0.25, 0.3) is 6.43 Å². The minimum absolute atomic E-state index is 0.0333. The maximum Gasteiger partial charge on any atom is 0.284 e. The number of ether oxygens (including phenoxy) is 1. The maximum atomic E-state index is 12.7. The van der Waals surface area contributed by atoms with Crippen LogP contribution in [-0.2, 0) is 11.2 Å². The summed E-state index contributed by atoms with van der Waals surface area (Å²) in [6.07, 6.45) is -3.46. The lowest BCUT2D eigenvalue weighted by Crippen LogP contribution is -2.25. The van der Waals surface area contributed by atoms with Gasteiger partial charge in [-0.1, -0.05) is 0 Å². The number of hydrogen-bond donors (Lipinski definition) is 1. The zero-order valence-corrected chi connectivity index (χ0v) is 9.29. The Kier molecular flexibility index (Phi) is 3.82. The molecule has 7 heteroatoms. The van der Waals surface area contributed by atoms with Crippen molar-refractivity contribution >= 4 is 11.7 Å². The molecule has 94 valence electrons. The summed E-state index contributed by atoms with van der Waals surface area (Å²) in [5, 5.41) is 10.5. The van der Waals surface area contributed by atoms with Gasteiger partial charge >= 0.3 is 0 Å². The van der Waals surface area contributed by atoms with Gasteiger partial charge in [-0.2, -0.15) is 0 Å². The van der Waals surface area contributed by atoms with Crippen molar-refractivity contribution in [3.63, 3.8) is 0 Å². The van der Waals surface area contributed by atoms with E-state index in [9.17, 15) is 18.7 Å². The van der Waals surface area contributed by atoms with Crippen molar-refractivity contribution in [1.82, 2.24) is 4.98 Å². The molecule has 17 heavy (non-hydrogen) atoms. The number of pyridine rings is 1. The van der Waals surface area contributed by atoms with E-state index in [1.54, 1.807) is 0 Å². The van der Waals surface area contributed by atoms with Crippen LogP contribution in [0.3, 0.4) is 0 Å². The van der Waals surface area contributed by atoms with E-state index in [1.807, 2.05) is 0 Å². The Hall–Kier alpha value is -1.92. The third-order valence-electron chi connectivity index (χ3n) is 2.29. The molecule has 0 saturated carbocycles. The highest BCUT2D eigenvalue weighted by Gasteiger charge is 2.22. The number of methoxy groups -OCH3 is 1. The molecule has 2 N–H and O–H groups in total. The van der Waals surface area contributed by atoms with Crippen LogP contribution in [0.1, 0.15) is 23.4 Å². The van der Waals surface area contributed by atoms with Crippen LogP contribution in [0.5, 0.6) is 5.75 Å². The SMILES string of the molecule is COc1c(C(F)F)nc(CC(=O)[O-])c(C)c1N. The standard InChI is InChI=1S/C10H12F2N2O3/c1-4-5(3-6(15)16)14-8(10(11)12)9(17-2)7(4)13/h10H,3H2,1-2H3,(H2,13,14)(H,15,16)/p-1. The number of alkyl halides is 2. The van der Waals surface area contributed by atoms with Crippen molar-refractivity contribution in [2.75, 3.05) is 12.8 Å². The lowest BCUT2D eigenvalue weighted by molar-refractivity contribution is -0.304. The lowest BCUT2D eigenvalue weighted by Gasteiger charge is -2.15. The van der Waals surface area contributed by atoms with E-state index in [4.69, 9.17) is 10.5 Å². The molecule has 0 aromatic carbocycles. The highest BCUT2D eigenvalue weighted by atomic mass is 19.3. The monoisotopic (exact) mass is 245 g/mol. The number of rotatable bonds is 4. The Morgan fingerprint density at radius 1 is 1.59 bits per heavy atom. The van der Waals surface area contributed by atoms with Gasteiger partial charge < -0.3 is 20.4 Å². The van der Waals surface area contributed by atoms with Gasteiger partial charge in [-0.05, 0) is 12.5 Å². The predicted molar refractivity (Wildman–Crippen MR) is 53.6 cm³/mol. The first-order chi connectivity index (χ1) is 7.88. The van der Waals surface area contributed by atoms with Crippen LogP contribution in [0, 0.1) is 6.92 Å². The summed E-state index contributed by atoms with van der Waals surface area (Å²) in [4.78, 5) is 14.0. The van der Waals surface area contributed by atoms with E-state index in [0.29, 0.717) is 5.56 Å². The van der Waals surface area contributed by atoms with Crippen LogP contribution in [0.4, 0.5) is 14.5 Å². The number of nitrogen functional groups attached to an aromatic ring is 1. The molecule has 0 radical (unpaired) electrons. The number of carbonyl (C=O) groups excluding carboxylic acids is 1. The van der Waals surface area contributed by atoms with Gasteiger partial charge in [0.05, 0.1) is 18.5 Å². The molecule has 1 rings (SSSR count). The number of halogens is 2. The molecule has 0 aliphatic rings. The van der Waals surface area contributed by atoms with Crippen LogP contribution in [0.25, 0.3) is 0 Å². The Balaban J connectivity index is 3.40.